The van der Waals surface area contributed by atoms with Gasteiger partial charge in [-0.3, -0.25) is 0 Å². The number of nitrogens with two attached hydrogens (primary N) is 1. The highest BCUT2D eigenvalue weighted by Crippen LogP contribution is 2.40. The van der Waals surface area contributed by atoms with E-state index in [1.165, 1.54) is 11.9 Å². The molecule has 0 amide bonds. The van der Waals surface area contributed by atoms with E-state index in [9.17, 15) is 10.2 Å². The number of aliphatic hydroxyl groups is 2. The Morgan fingerprint density at radius 2 is 2.11 bits per heavy atom. The van der Waals surface area contributed by atoms with Gasteiger partial charge in [0.1, 0.15) is 24.2 Å². The van der Waals surface area contributed by atoms with Crippen LogP contribution in [0.2, 0.25) is 0 Å². The molecule has 7 heteroatoms. The smallest absolute Gasteiger partial charge is 0.143 e. The first-order valence-electron chi connectivity index (χ1n) is 9.39. The maximum Gasteiger partial charge on any atom is 0.143 e. The van der Waals surface area contributed by atoms with Gasteiger partial charge < -0.3 is 25.8 Å². The lowest BCUT2D eigenvalue weighted by molar-refractivity contribution is 0.00545. The molecule has 5 rings (SSSR count). The van der Waals surface area contributed by atoms with Gasteiger partial charge in [0.25, 0.3) is 0 Å². The minimum absolute atomic E-state index is 0.0468. The van der Waals surface area contributed by atoms with Crippen molar-refractivity contribution in [3.63, 3.8) is 0 Å². The Bertz CT molecular complexity index is 987. The van der Waals surface area contributed by atoms with Crippen LogP contribution in [0, 0.1) is 5.92 Å². The van der Waals surface area contributed by atoms with Gasteiger partial charge in [-0.2, -0.15) is 0 Å². The first-order chi connectivity index (χ1) is 13.1. The molecule has 7 nitrogen and oxygen atoms in total. The SMILES string of the molecule is NC1Nc2cc(CC[C@H]3C[C@@H](n4ccc5cncnc54)[C@H](O)[C@@H]3O)ccc21. The molecule has 2 aromatic heterocycles. The number of anilines is 1. The van der Waals surface area contributed by atoms with Crippen molar-refractivity contribution in [2.24, 2.45) is 11.7 Å². The van der Waals surface area contributed by atoms with Crippen LogP contribution in [-0.2, 0) is 6.42 Å². The highest BCUT2D eigenvalue weighted by atomic mass is 16.3. The molecule has 3 heterocycles. The summed E-state index contributed by atoms with van der Waals surface area (Å²) in [5.74, 6) is 0.0468. The molecule has 1 aliphatic heterocycles. The third kappa shape index (κ3) is 2.70. The van der Waals surface area contributed by atoms with Gasteiger partial charge in [0.15, 0.2) is 0 Å². The Kier molecular flexibility index (Phi) is 3.89. The van der Waals surface area contributed by atoms with E-state index in [0.717, 1.165) is 41.5 Å². The number of aromatic nitrogens is 3. The Labute approximate surface area is 156 Å². The topological polar surface area (TPSA) is 109 Å². The Balaban J connectivity index is 1.31. The van der Waals surface area contributed by atoms with Gasteiger partial charge in [-0.05, 0) is 42.9 Å². The molecule has 3 aromatic rings. The first-order valence-corrected chi connectivity index (χ1v) is 9.39. The number of benzene rings is 1. The van der Waals surface area contributed by atoms with Gasteiger partial charge in [-0.1, -0.05) is 12.1 Å². The van der Waals surface area contributed by atoms with Gasteiger partial charge in [0.2, 0.25) is 0 Å². The van der Waals surface area contributed by atoms with Crippen LogP contribution in [0.4, 0.5) is 5.69 Å². The predicted octanol–water partition coefficient (Wildman–Crippen LogP) is 1.73. The van der Waals surface area contributed by atoms with E-state index in [4.69, 9.17) is 5.73 Å². The number of hydrogen-bond donors (Lipinski definition) is 4. The van der Waals surface area contributed by atoms with Gasteiger partial charge >= 0.3 is 0 Å². The maximum absolute atomic E-state index is 10.6. The number of fused-ring (bicyclic) bond motifs is 2. The zero-order valence-electron chi connectivity index (χ0n) is 14.9. The molecule has 1 fully saturated rings. The lowest BCUT2D eigenvalue weighted by Gasteiger charge is -2.29. The zero-order chi connectivity index (χ0) is 18.5. The molecule has 5 N–H and O–H groups in total. The summed E-state index contributed by atoms with van der Waals surface area (Å²) in [6.45, 7) is 0. The molecule has 0 spiro atoms. The Hall–Kier alpha value is -2.48. The molecule has 0 saturated heterocycles. The van der Waals surface area contributed by atoms with E-state index in [1.807, 2.05) is 16.8 Å². The fourth-order valence-electron chi connectivity index (χ4n) is 4.50. The number of nitrogens with zero attached hydrogens (tertiary/aromatic N) is 3. The van der Waals surface area contributed by atoms with Crippen molar-refractivity contribution in [3.8, 4) is 0 Å². The van der Waals surface area contributed by atoms with Crippen molar-refractivity contribution in [2.75, 3.05) is 5.32 Å². The maximum atomic E-state index is 10.6. The summed E-state index contributed by atoms with van der Waals surface area (Å²) >= 11 is 0. The number of nitrogens with one attached hydrogen (secondary N) is 1. The standard InChI is InChI=1S/C20H23N5O2/c21-19-14-4-2-11(7-15(14)24-19)1-3-12-8-16(18(27)17(12)26)25-6-5-13-9-22-10-23-20(13)25/h2,4-7,9-10,12,16-19,24,26-27H,1,3,8,21H2/t12-,16+,17+,18-,19?/m0/s1. The molecule has 0 radical (unpaired) electrons. The molecule has 27 heavy (non-hydrogen) atoms. The third-order valence-electron chi connectivity index (χ3n) is 6.07. The summed E-state index contributed by atoms with van der Waals surface area (Å²) in [6.07, 6.45) is 6.04. The van der Waals surface area contributed by atoms with Crippen LogP contribution in [0.3, 0.4) is 0 Å². The van der Waals surface area contributed by atoms with Crippen molar-refractivity contribution in [1.82, 2.24) is 14.5 Å². The normalized spacial score (nSPS) is 29.4. The van der Waals surface area contributed by atoms with E-state index in [-0.39, 0.29) is 18.1 Å². The van der Waals surface area contributed by atoms with Crippen molar-refractivity contribution in [1.29, 1.82) is 0 Å². The van der Waals surface area contributed by atoms with Gasteiger partial charge in [0.05, 0.1) is 12.1 Å². The van der Waals surface area contributed by atoms with Crippen molar-refractivity contribution in [3.05, 3.63) is 54.1 Å². The molecule has 2 aliphatic rings. The number of aliphatic hydroxyl groups excluding tert-OH is 2. The summed E-state index contributed by atoms with van der Waals surface area (Å²) in [5.41, 5.74) is 10.1. The molecular weight excluding hydrogens is 342 g/mol. The first kappa shape index (κ1) is 16.7. The molecular formula is C20H23N5O2. The molecule has 1 aliphatic carbocycles. The van der Waals surface area contributed by atoms with Crippen LogP contribution in [0.5, 0.6) is 0 Å². The molecule has 140 valence electrons. The monoisotopic (exact) mass is 365 g/mol. The second-order valence-electron chi connectivity index (χ2n) is 7.65. The van der Waals surface area contributed by atoms with Crippen molar-refractivity contribution < 1.29 is 10.2 Å². The minimum Gasteiger partial charge on any atom is -0.390 e. The Morgan fingerprint density at radius 1 is 1.22 bits per heavy atom. The van der Waals surface area contributed by atoms with E-state index in [0.29, 0.717) is 0 Å². The lowest BCUT2D eigenvalue weighted by Crippen LogP contribution is -2.30. The van der Waals surface area contributed by atoms with Crippen LogP contribution in [-0.4, -0.2) is 37.0 Å². The van der Waals surface area contributed by atoms with Gasteiger partial charge in [0, 0.05) is 29.0 Å². The summed E-state index contributed by atoms with van der Waals surface area (Å²) in [4.78, 5) is 8.37. The van der Waals surface area contributed by atoms with Crippen LogP contribution in [0.15, 0.2) is 43.0 Å². The predicted molar refractivity (Wildman–Crippen MR) is 102 cm³/mol. The largest absolute Gasteiger partial charge is 0.390 e. The van der Waals surface area contributed by atoms with Crippen LogP contribution in [0.1, 0.15) is 36.2 Å². The minimum atomic E-state index is -0.794. The Morgan fingerprint density at radius 3 is 2.93 bits per heavy atom. The average molecular weight is 365 g/mol. The molecule has 5 atom stereocenters. The number of rotatable bonds is 4. The quantitative estimate of drug-likeness (QED) is 0.561. The molecule has 1 saturated carbocycles. The number of aryl methyl sites for hydroxylation is 1. The summed E-state index contributed by atoms with van der Waals surface area (Å²) < 4.78 is 1.97. The second kappa shape index (κ2) is 6.30. The molecule has 1 unspecified atom stereocenters. The van der Waals surface area contributed by atoms with E-state index in [2.05, 4.69) is 33.5 Å². The average Bonchev–Trinajstić information content (AvgIpc) is 3.21. The van der Waals surface area contributed by atoms with E-state index in [1.54, 1.807) is 6.20 Å². The van der Waals surface area contributed by atoms with Crippen LogP contribution in [0.25, 0.3) is 11.0 Å². The second-order valence-corrected chi connectivity index (χ2v) is 7.65. The highest BCUT2D eigenvalue weighted by Gasteiger charge is 2.42. The fraction of sp³-hybridized carbons (Fsp3) is 0.400. The van der Waals surface area contributed by atoms with Crippen LogP contribution < -0.4 is 11.1 Å². The zero-order valence-corrected chi connectivity index (χ0v) is 14.9. The van der Waals surface area contributed by atoms with E-state index >= 15 is 0 Å². The third-order valence-corrected chi connectivity index (χ3v) is 6.07. The van der Waals surface area contributed by atoms with Crippen LogP contribution >= 0.6 is 0 Å². The van der Waals surface area contributed by atoms with Crippen molar-refractivity contribution >= 4 is 16.7 Å². The summed E-state index contributed by atoms with van der Waals surface area (Å²) in [5, 5.41) is 25.4. The van der Waals surface area contributed by atoms with E-state index < -0.39 is 12.2 Å². The lowest BCUT2D eigenvalue weighted by atomic mass is 9.93. The molecule has 0 bridgehead atoms. The summed E-state index contributed by atoms with van der Waals surface area (Å²) in [7, 11) is 0. The number of hydrogen-bond acceptors (Lipinski definition) is 6. The highest BCUT2D eigenvalue weighted by molar-refractivity contribution is 5.74. The fourth-order valence-corrected chi connectivity index (χ4v) is 4.50. The summed E-state index contributed by atoms with van der Waals surface area (Å²) in [6, 6.07) is 8.07. The van der Waals surface area contributed by atoms with Gasteiger partial charge in [-0.15, -0.1) is 0 Å². The van der Waals surface area contributed by atoms with Gasteiger partial charge in [-0.25, -0.2) is 9.97 Å². The van der Waals surface area contributed by atoms with Crippen molar-refractivity contribution in [2.45, 2.75) is 43.7 Å². The molecule has 1 aromatic carbocycles.